The van der Waals surface area contributed by atoms with Gasteiger partial charge in [-0.25, -0.2) is 13.4 Å². The Labute approximate surface area is 185 Å². The SMILES string of the molecule is CCCN(CC1CC1)C(=O)CCc1nc2cc(S(=O)(=O)N3CCCCC3)ccc2n1C. The maximum Gasteiger partial charge on any atom is 0.243 e. The number of imidazole rings is 1. The highest BCUT2D eigenvalue weighted by atomic mass is 32.2. The van der Waals surface area contributed by atoms with Crippen LogP contribution in [0.5, 0.6) is 0 Å². The van der Waals surface area contributed by atoms with E-state index in [1.807, 2.05) is 22.6 Å². The molecule has 1 saturated carbocycles. The first-order valence-electron chi connectivity index (χ1n) is 11.6. The van der Waals surface area contributed by atoms with E-state index < -0.39 is 10.0 Å². The van der Waals surface area contributed by atoms with Crippen LogP contribution in [0, 0.1) is 5.92 Å². The van der Waals surface area contributed by atoms with Gasteiger partial charge in [-0.1, -0.05) is 13.3 Å². The van der Waals surface area contributed by atoms with Gasteiger partial charge >= 0.3 is 0 Å². The quantitative estimate of drug-likeness (QED) is 0.592. The molecule has 1 aromatic heterocycles. The van der Waals surface area contributed by atoms with Gasteiger partial charge in [-0.2, -0.15) is 4.31 Å². The van der Waals surface area contributed by atoms with Crippen molar-refractivity contribution in [3.63, 3.8) is 0 Å². The third-order valence-electron chi connectivity index (χ3n) is 6.48. The third kappa shape index (κ3) is 4.95. The van der Waals surface area contributed by atoms with Gasteiger partial charge in [0.1, 0.15) is 5.82 Å². The lowest BCUT2D eigenvalue weighted by Gasteiger charge is -2.25. The highest BCUT2D eigenvalue weighted by Gasteiger charge is 2.28. The van der Waals surface area contributed by atoms with Crippen LogP contribution in [0.2, 0.25) is 0 Å². The molecule has 2 aliphatic rings. The van der Waals surface area contributed by atoms with E-state index in [-0.39, 0.29) is 5.91 Å². The molecule has 31 heavy (non-hydrogen) atoms. The number of sulfonamides is 1. The first-order valence-corrected chi connectivity index (χ1v) is 13.1. The molecule has 2 aromatic rings. The molecule has 7 nitrogen and oxygen atoms in total. The minimum Gasteiger partial charge on any atom is -0.342 e. The van der Waals surface area contributed by atoms with Crippen LogP contribution in [0.4, 0.5) is 0 Å². The van der Waals surface area contributed by atoms with Crippen LogP contribution in [0.15, 0.2) is 23.1 Å². The van der Waals surface area contributed by atoms with Crippen molar-refractivity contribution in [3.05, 3.63) is 24.0 Å². The van der Waals surface area contributed by atoms with E-state index in [0.717, 1.165) is 50.1 Å². The number of rotatable bonds is 9. The molecule has 170 valence electrons. The number of carbonyl (C=O) groups excluding carboxylic acids is 1. The van der Waals surface area contributed by atoms with Crippen molar-refractivity contribution in [2.24, 2.45) is 13.0 Å². The van der Waals surface area contributed by atoms with Gasteiger partial charge in [0.25, 0.3) is 0 Å². The summed E-state index contributed by atoms with van der Waals surface area (Å²) < 4.78 is 29.6. The molecule has 8 heteroatoms. The molecule has 0 unspecified atom stereocenters. The van der Waals surface area contributed by atoms with Gasteiger partial charge in [0.05, 0.1) is 15.9 Å². The molecule has 1 aliphatic heterocycles. The van der Waals surface area contributed by atoms with Crippen molar-refractivity contribution in [2.75, 3.05) is 26.2 Å². The van der Waals surface area contributed by atoms with Gasteiger partial charge in [-0.3, -0.25) is 4.79 Å². The fourth-order valence-electron chi connectivity index (χ4n) is 4.44. The number of hydrogen-bond acceptors (Lipinski definition) is 4. The average Bonchev–Trinajstić information content (AvgIpc) is 3.54. The van der Waals surface area contributed by atoms with Gasteiger partial charge < -0.3 is 9.47 Å². The molecular weight excluding hydrogens is 412 g/mol. The molecule has 0 radical (unpaired) electrons. The molecular formula is C23H34N4O3S. The van der Waals surface area contributed by atoms with Gasteiger partial charge in [-0.05, 0) is 56.2 Å². The second-order valence-corrected chi connectivity index (χ2v) is 10.9. The Morgan fingerprint density at radius 2 is 1.94 bits per heavy atom. The number of nitrogens with zero attached hydrogens (tertiary/aromatic N) is 4. The minimum absolute atomic E-state index is 0.189. The molecule has 2 fully saturated rings. The predicted molar refractivity (Wildman–Crippen MR) is 121 cm³/mol. The number of benzene rings is 1. The molecule has 0 N–H and O–H groups in total. The smallest absolute Gasteiger partial charge is 0.243 e. The van der Waals surface area contributed by atoms with Crippen molar-refractivity contribution in [1.82, 2.24) is 18.8 Å². The predicted octanol–water partition coefficient (Wildman–Crippen LogP) is 3.33. The van der Waals surface area contributed by atoms with Gasteiger partial charge in [0.15, 0.2) is 0 Å². The molecule has 4 rings (SSSR count). The summed E-state index contributed by atoms with van der Waals surface area (Å²) in [6.07, 6.45) is 7.36. The summed E-state index contributed by atoms with van der Waals surface area (Å²) in [6.45, 7) is 4.98. The Kier molecular flexibility index (Phi) is 6.67. The second kappa shape index (κ2) is 9.28. The standard InChI is InChI=1S/C23H34N4O3S/c1-3-13-26(17-18-7-8-18)23(28)12-11-22-24-20-16-19(9-10-21(20)25(22)2)31(29,30)27-14-5-4-6-15-27/h9-10,16,18H,3-8,11-15,17H2,1-2H3. The molecule has 0 spiro atoms. The van der Waals surface area contributed by atoms with E-state index in [4.69, 9.17) is 4.98 Å². The van der Waals surface area contributed by atoms with E-state index in [0.29, 0.717) is 42.3 Å². The first kappa shape index (κ1) is 22.3. The van der Waals surface area contributed by atoms with Crippen LogP contribution in [0.25, 0.3) is 11.0 Å². The Morgan fingerprint density at radius 3 is 2.61 bits per heavy atom. The highest BCUT2D eigenvalue weighted by molar-refractivity contribution is 7.89. The Hall–Kier alpha value is -1.93. The summed E-state index contributed by atoms with van der Waals surface area (Å²) in [6, 6.07) is 5.20. The maximum absolute atomic E-state index is 13.0. The van der Waals surface area contributed by atoms with Crippen molar-refractivity contribution in [3.8, 4) is 0 Å². The maximum atomic E-state index is 13.0. The number of aryl methyl sites for hydroxylation is 2. The fourth-order valence-corrected chi connectivity index (χ4v) is 5.98. The topological polar surface area (TPSA) is 75.5 Å². The molecule has 2 heterocycles. The number of piperidine rings is 1. The monoisotopic (exact) mass is 446 g/mol. The summed E-state index contributed by atoms with van der Waals surface area (Å²) >= 11 is 0. The van der Waals surface area contributed by atoms with Crippen LogP contribution >= 0.6 is 0 Å². The number of amides is 1. The number of hydrogen-bond donors (Lipinski definition) is 0. The third-order valence-corrected chi connectivity index (χ3v) is 8.38. The summed E-state index contributed by atoms with van der Waals surface area (Å²) in [5.74, 6) is 1.69. The average molecular weight is 447 g/mol. The summed E-state index contributed by atoms with van der Waals surface area (Å²) in [5, 5.41) is 0. The molecule has 1 aromatic carbocycles. The minimum atomic E-state index is -3.48. The largest absolute Gasteiger partial charge is 0.342 e. The lowest BCUT2D eigenvalue weighted by molar-refractivity contribution is -0.131. The molecule has 1 saturated heterocycles. The molecule has 1 amide bonds. The van der Waals surface area contributed by atoms with Crippen LogP contribution in [-0.4, -0.2) is 59.3 Å². The van der Waals surface area contributed by atoms with E-state index in [9.17, 15) is 13.2 Å². The van der Waals surface area contributed by atoms with Gasteiger partial charge in [-0.15, -0.1) is 0 Å². The van der Waals surface area contributed by atoms with Crippen molar-refractivity contribution in [1.29, 1.82) is 0 Å². The molecule has 0 bridgehead atoms. The zero-order chi connectivity index (χ0) is 22.0. The van der Waals surface area contributed by atoms with Crippen LogP contribution < -0.4 is 0 Å². The molecule has 1 aliphatic carbocycles. The Bertz CT molecular complexity index is 1040. The van der Waals surface area contributed by atoms with E-state index in [1.165, 1.54) is 12.8 Å². The van der Waals surface area contributed by atoms with Gasteiger partial charge in [0.2, 0.25) is 15.9 Å². The van der Waals surface area contributed by atoms with Crippen LogP contribution in [0.1, 0.15) is 57.7 Å². The van der Waals surface area contributed by atoms with Crippen molar-refractivity contribution >= 4 is 27.0 Å². The van der Waals surface area contributed by atoms with E-state index >= 15 is 0 Å². The number of carbonyl (C=O) groups is 1. The van der Waals surface area contributed by atoms with Crippen molar-refractivity contribution in [2.45, 2.75) is 63.2 Å². The second-order valence-electron chi connectivity index (χ2n) is 8.99. The van der Waals surface area contributed by atoms with E-state index in [1.54, 1.807) is 16.4 Å². The number of aromatic nitrogens is 2. The summed E-state index contributed by atoms with van der Waals surface area (Å²) in [5.41, 5.74) is 1.56. The van der Waals surface area contributed by atoms with Crippen LogP contribution in [0.3, 0.4) is 0 Å². The summed E-state index contributed by atoms with van der Waals surface area (Å²) in [7, 11) is -1.55. The van der Waals surface area contributed by atoms with Crippen molar-refractivity contribution < 1.29 is 13.2 Å². The van der Waals surface area contributed by atoms with E-state index in [2.05, 4.69) is 6.92 Å². The Balaban J connectivity index is 1.49. The number of fused-ring (bicyclic) bond motifs is 1. The van der Waals surface area contributed by atoms with Crippen LogP contribution in [-0.2, 0) is 28.3 Å². The fraction of sp³-hybridized carbons (Fsp3) is 0.652. The first-order chi connectivity index (χ1) is 14.9. The zero-order valence-electron chi connectivity index (χ0n) is 18.7. The lowest BCUT2D eigenvalue weighted by atomic mass is 10.2. The lowest BCUT2D eigenvalue weighted by Crippen LogP contribution is -2.35. The molecule has 0 atom stereocenters. The zero-order valence-corrected chi connectivity index (χ0v) is 19.5. The normalized spacial score (nSPS) is 17.9. The summed E-state index contributed by atoms with van der Waals surface area (Å²) in [4.78, 5) is 19.8. The Morgan fingerprint density at radius 1 is 1.19 bits per heavy atom. The highest BCUT2D eigenvalue weighted by Crippen LogP contribution is 2.30. The van der Waals surface area contributed by atoms with Gasteiger partial charge in [0, 0.05) is 46.1 Å².